The van der Waals surface area contributed by atoms with Crippen molar-refractivity contribution in [2.75, 3.05) is 12.4 Å². The lowest BCUT2D eigenvalue weighted by Gasteiger charge is -2.21. The lowest BCUT2D eigenvalue weighted by Crippen LogP contribution is -2.37. The zero-order valence-corrected chi connectivity index (χ0v) is 12.4. The molecule has 0 aromatic heterocycles. The van der Waals surface area contributed by atoms with E-state index in [0.29, 0.717) is 6.42 Å². The van der Waals surface area contributed by atoms with Gasteiger partial charge in [-0.25, -0.2) is 0 Å². The first-order valence-corrected chi connectivity index (χ1v) is 7.29. The lowest BCUT2D eigenvalue weighted by molar-refractivity contribution is -0.282. The second-order valence-corrected chi connectivity index (χ2v) is 6.00. The number of carbonyl (C=O) groups is 1. The highest BCUT2D eigenvalue weighted by Crippen LogP contribution is 2.39. The fourth-order valence-corrected chi connectivity index (χ4v) is 2.75. The van der Waals surface area contributed by atoms with Gasteiger partial charge in [-0.3, -0.25) is 4.79 Å². The molecule has 0 amide bonds. The molecule has 0 saturated carbocycles. The van der Waals surface area contributed by atoms with E-state index >= 15 is 0 Å². The number of hydrogen-bond donors (Lipinski definition) is 0. The quantitative estimate of drug-likeness (QED) is 0.493. The Morgan fingerprint density at radius 2 is 1.75 bits per heavy atom. The van der Waals surface area contributed by atoms with E-state index in [1.807, 2.05) is 13.8 Å². The number of hydrogen-bond acceptors (Lipinski definition) is 3. The Hall–Kier alpha value is -0.530. The summed E-state index contributed by atoms with van der Waals surface area (Å²) in [7, 11) is 0. The fourth-order valence-electron chi connectivity index (χ4n) is 1.37. The van der Waals surface area contributed by atoms with Crippen molar-refractivity contribution >= 4 is 17.7 Å². The van der Waals surface area contributed by atoms with E-state index in [2.05, 4.69) is 0 Å². The first-order valence-electron chi connectivity index (χ1n) is 6.24. The second-order valence-electron chi connectivity index (χ2n) is 4.69. The molecule has 0 fully saturated rings. The van der Waals surface area contributed by atoms with E-state index in [1.165, 1.54) is 0 Å². The van der Waals surface area contributed by atoms with Gasteiger partial charge in [0.2, 0.25) is 0 Å². The number of rotatable bonds is 8. The summed E-state index contributed by atoms with van der Waals surface area (Å²) in [6.07, 6.45) is -6.51. The molecule has 120 valence electrons. The minimum absolute atomic E-state index is 0.111. The molecule has 0 aliphatic carbocycles. The summed E-state index contributed by atoms with van der Waals surface area (Å²) in [6, 6.07) is 0. The van der Waals surface area contributed by atoms with Crippen LogP contribution in [-0.2, 0) is 9.53 Å². The largest absolute Gasteiger partial charge is 0.465 e. The molecule has 0 aromatic rings. The Bertz CT molecular complexity index is 305. The molecule has 0 bridgehead atoms. The maximum Gasteiger partial charge on any atom is 0.453 e. The van der Waals surface area contributed by atoms with Crippen LogP contribution in [0.3, 0.4) is 0 Å². The van der Waals surface area contributed by atoms with Gasteiger partial charge >= 0.3 is 18.1 Å². The molecule has 2 nitrogen and oxygen atoms in total. The summed E-state index contributed by atoms with van der Waals surface area (Å²) in [4.78, 5) is 11.6. The first kappa shape index (κ1) is 19.5. The number of halogens is 5. The zero-order valence-electron chi connectivity index (χ0n) is 11.6. The molecule has 0 N–H and O–H groups in total. The molecule has 20 heavy (non-hydrogen) atoms. The highest BCUT2D eigenvalue weighted by molar-refractivity contribution is 8.00. The molecular formula is C12H19F5O2S. The monoisotopic (exact) mass is 322 g/mol. The molecule has 1 atom stereocenters. The molecule has 0 aromatic carbocycles. The first-order chi connectivity index (χ1) is 9.01. The SMILES string of the molecule is CCOC(=O)C(CC(C)C)SCCC(F)(F)C(F)(F)F. The maximum atomic E-state index is 12.7. The third kappa shape index (κ3) is 6.76. The second kappa shape index (κ2) is 8.05. The van der Waals surface area contributed by atoms with Crippen molar-refractivity contribution in [2.24, 2.45) is 5.92 Å². The highest BCUT2D eigenvalue weighted by atomic mass is 32.2. The van der Waals surface area contributed by atoms with E-state index in [9.17, 15) is 26.7 Å². The van der Waals surface area contributed by atoms with Crippen LogP contribution in [0.4, 0.5) is 22.0 Å². The summed E-state index contributed by atoms with van der Waals surface area (Å²) in [5, 5.41) is -0.709. The lowest BCUT2D eigenvalue weighted by atomic mass is 10.1. The third-order valence-electron chi connectivity index (χ3n) is 2.38. The van der Waals surface area contributed by atoms with Gasteiger partial charge in [0.25, 0.3) is 0 Å². The van der Waals surface area contributed by atoms with Gasteiger partial charge in [-0.2, -0.15) is 22.0 Å². The predicted molar refractivity (Wildman–Crippen MR) is 68.0 cm³/mol. The normalized spacial score (nSPS) is 14.4. The van der Waals surface area contributed by atoms with Crippen LogP contribution in [0.25, 0.3) is 0 Å². The van der Waals surface area contributed by atoms with E-state index in [1.54, 1.807) is 6.92 Å². The van der Waals surface area contributed by atoms with Gasteiger partial charge in [-0.1, -0.05) is 13.8 Å². The molecule has 0 radical (unpaired) electrons. The summed E-state index contributed by atoms with van der Waals surface area (Å²) < 4.78 is 66.3. The van der Waals surface area contributed by atoms with Crippen molar-refractivity contribution in [3.05, 3.63) is 0 Å². The molecule has 0 heterocycles. The summed E-state index contributed by atoms with van der Waals surface area (Å²) >= 11 is 0.786. The molecule has 0 aliphatic rings. The topological polar surface area (TPSA) is 26.3 Å². The third-order valence-corrected chi connectivity index (χ3v) is 3.61. The van der Waals surface area contributed by atoms with Crippen LogP contribution < -0.4 is 0 Å². The van der Waals surface area contributed by atoms with Crippen LogP contribution >= 0.6 is 11.8 Å². The van der Waals surface area contributed by atoms with Crippen molar-refractivity contribution in [3.63, 3.8) is 0 Å². The average Bonchev–Trinajstić information content (AvgIpc) is 2.25. The van der Waals surface area contributed by atoms with Gasteiger partial charge < -0.3 is 4.74 Å². The summed E-state index contributed by atoms with van der Waals surface area (Å²) in [5.41, 5.74) is 0. The van der Waals surface area contributed by atoms with Crippen molar-refractivity contribution in [2.45, 2.75) is 51.0 Å². The van der Waals surface area contributed by atoms with Crippen molar-refractivity contribution < 1.29 is 31.5 Å². The van der Waals surface area contributed by atoms with Crippen LogP contribution in [0.2, 0.25) is 0 Å². The zero-order chi connectivity index (χ0) is 16.0. The van der Waals surface area contributed by atoms with Crippen LogP contribution in [0.5, 0.6) is 0 Å². The Labute approximate surface area is 119 Å². The van der Waals surface area contributed by atoms with Gasteiger partial charge in [-0.05, 0) is 19.3 Å². The van der Waals surface area contributed by atoms with Crippen molar-refractivity contribution in [3.8, 4) is 0 Å². The van der Waals surface area contributed by atoms with E-state index in [4.69, 9.17) is 4.74 Å². The highest BCUT2D eigenvalue weighted by Gasteiger charge is 2.56. The smallest absolute Gasteiger partial charge is 0.453 e. The number of ether oxygens (including phenoxy) is 1. The minimum atomic E-state index is -5.55. The molecule has 0 aliphatic heterocycles. The van der Waals surface area contributed by atoms with Crippen LogP contribution in [0.1, 0.15) is 33.6 Å². The van der Waals surface area contributed by atoms with E-state index in [-0.39, 0.29) is 12.5 Å². The van der Waals surface area contributed by atoms with E-state index < -0.39 is 35.5 Å². The minimum Gasteiger partial charge on any atom is -0.465 e. The molecule has 8 heteroatoms. The molecular weight excluding hydrogens is 303 g/mol. The Morgan fingerprint density at radius 1 is 1.20 bits per heavy atom. The Morgan fingerprint density at radius 3 is 2.15 bits per heavy atom. The van der Waals surface area contributed by atoms with Crippen molar-refractivity contribution in [1.82, 2.24) is 0 Å². The van der Waals surface area contributed by atoms with Gasteiger partial charge in [0.05, 0.1) is 6.61 Å². The van der Waals surface area contributed by atoms with Gasteiger partial charge in [0, 0.05) is 12.2 Å². The van der Waals surface area contributed by atoms with Crippen molar-refractivity contribution in [1.29, 1.82) is 0 Å². The number of carbonyl (C=O) groups excluding carboxylic acids is 1. The number of thioether (sulfide) groups is 1. The Balaban J connectivity index is 4.44. The summed E-state index contributed by atoms with van der Waals surface area (Å²) in [6.45, 7) is 5.41. The number of esters is 1. The molecule has 1 unspecified atom stereocenters. The van der Waals surface area contributed by atoms with Gasteiger partial charge in [-0.15, -0.1) is 11.8 Å². The average molecular weight is 322 g/mol. The van der Waals surface area contributed by atoms with E-state index in [0.717, 1.165) is 11.8 Å². The number of alkyl halides is 5. The predicted octanol–water partition coefficient (Wildman–Crippen LogP) is 4.29. The summed E-state index contributed by atoms with van der Waals surface area (Å²) in [5.74, 6) is -5.64. The van der Waals surface area contributed by atoms with Gasteiger partial charge in [0.15, 0.2) is 0 Å². The molecule has 0 rings (SSSR count). The molecule has 0 saturated heterocycles. The van der Waals surface area contributed by atoms with Gasteiger partial charge in [0.1, 0.15) is 5.25 Å². The molecule has 0 spiro atoms. The van der Waals surface area contributed by atoms with Crippen LogP contribution in [-0.4, -0.2) is 35.7 Å². The maximum absolute atomic E-state index is 12.7. The van der Waals surface area contributed by atoms with Crippen LogP contribution in [0, 0.1) is 5.92 Å². The Kier molecular flexibility index (Phi) is 7.83. The van der Waals surface area contributed by atoms with Crippen LogP contribution in [0.15, 0.2) is 0 Å². The fraction of sp³-hybridized carbons (Fsp3) is 0.917. The standard InChI is InChI=1S/C12H19F5O2S/c1-4-19-10(18)9(7-8(2)3)20-6-5-11(13,14)12(15,16)17/h8-9H,4-7H2,1-3H3.